The Morgan fingerprint density at radius 2 is 2.06 bits per heavy atom. The Morgan fingerprint density at radius 1 is 1.32 bits per heavy atom. The highest BCUT2D eigenvalue weighted by Crippen LogP contribution is 2.30. The van der Waals surface area contributed by atoms with E-state index in [1.165, 1.54) is 24.4 Å². The molecule has 2 aromatic carbocycles. The lowest BCUT2D eigenvalue weighted by molar-refractivity contribution is -0.384. The number of ether oxygens (including phenoxy) is 1. The Hall–Kier alpha value is -3.73. The van der Waals surface area contributed by atoms with Crippen molar-refractivity contribution in [2.45, 2.75) is 18.6 Å². The Bertz CT molecular complexity index is 1050. The molecule has 31 heavy (non-hydrogen) atoms. The number of amides is 2. The van der Waals surface area contributed by atoms with Crippen molar-refractivity contribution in [3.05, 3.63) is 64.2 Å². The van der Waals surface area contributed by atoms with E-state index in [0.717, 1.165) is 16.7 Å². The van der Waals surface area contributed by atoms with Crippen molar-refractivity contribution in [1.29, 1.82) is 0 Å². The Balaban J connectivity index is 1.64. The van der Waals surface area contributed by atoms with Crippen molar-refractivity contribution in [1.82, 2.24) is 0 Å². The third-order valence-electron chi connectivity index (χ3n) is 4.22. The van der Waals surface area contributed by atoms with Crippen LogP contribution in [-0.2, 0) is 9.59 Å². The minimum absolute atomic E-state index is 0.00127. The number of nitro benzene ring substituents is 1. The number of benzene rings is 2. The summed E-state index contributed by atoms with van der Waals surface area (Å²) in [7, 11) is 0. The Kier molecular flexibility index (Phi) is 6.98. The molecule has 1 aliphatic rings. The molecule has 160 valence electrons. The molecule has 0 saturated carbocycles. The molecule has 1 aliphatic heterocycles. The van der Waals surface area contributed by atoms with Crippen LogP contribution in [0.3, 0.4) is 0 Å². The lowest BCUT2D eigenvalue weighted by Gasteiger charge is -2.15. The zero-order chi connectivity index (χ0) is 22.4. The molecule has 0 radical (unpaired) electrons. The number of nitrogens with zero attached hydrogens (tertiary/aromatic N) is 4. The second-order valence-corrected chi connectivity index (χ2v) is 7.56. The van der Waals surface area contributed by atoms with E-state index in [1.54, 1.807) is 30.3 Å². The third-order valence-corrected chi connectivity index (χ3v) is 5.19. The molecule has 10 nitrogen and oxygen atoms in total. The predicted molar refractivity (Wildman–Crippen MR) is 118 cm³/mol. The molecule has 2 aromatic rings. The van der Waals surface area contributed by atoms with Gasteiger partial charge in [0.05, 0.1) is 23.4 Å². The zero-order valence-electron chi connectivity index (χ0n) is 16.5. The number of nitrogens with two attached hydrogens (primary N) is 1. The zero-order valence-corrected chi connectivity index (χ0v) is 17.3. The van der Waals surface area contributed by atoms with E-state index in [9.17, 15) is 19.7 Å². The number of anilines is 1. The maximum absolute atomic E-state index is 12.7. The lowest BCUT2D eigenvalue weighted by atomic mass is 10.2. The largest absolute Gasteiger partial charge is 0.494 e. The van der Waals surface area contributed by atoms with Crippen LogP contribution in [0.2, 0.25) is 0 Å². The average molecular weight is 441 g/mol. The van der Waals surface area contributed by atoms with Crippen LogP contribution in [0.4, 0.5) is 11.4 Å². The van der Waals surface area contributed by atoms with Crippen LogP contribution in [0.15, 0.2) is 58.7 Å². The minimum atomic E-state index is -0.712. The number of carbonyl (C=O) groups is 2. The standard InChI is InChI=1S/C20H19N5O5S/c1-2-30-16-8-6-14(7-9-16)24-18(26)11-17(19(24)27)31-20(21)23-22-12-13-4-3-5-15(10-13)25(28)29/h3-10,12,17H,2,11H2,1H3,(H2,21,23)/t17-/m1/s1. The van der Waals surface area contributed by atoms with E-state index in [0.29, 0.717) is 23.6 Å². The van der Waals surface area contributed by atoms with Gasteiger partial charge in [0.15, 0.2) is 5.17 Å². The molecular formula is C20H19N5O5S. The number of amidine groups is 1. The summed E-state index contributed by atoms with van der Waals surface area (Å²) >= 11 is 0.941. The molecule has 0 bridgehead atoms. The van der Waals surface area contributed by atoms with E-state index in [2.05, 4.69) is 10.2 Å². The molecule has 0 aromatic heterocycles. The maximum Gasteiger partial charge on any atom is 0.270 e. The molecule has 0 spiro atoms. The molecule has 1 heterocycles. The molecule has 0 unspecified atom stereocenters. The smallest absolute Gasteiger partial charge is 0.270 e. The summed E-state index contributed by atoms with van der Waals surface area (Å²) in [6.07, 6.45) is 1.30. The van der Waals surface area contributed by atoms with Gasteiger partial charge in [-0.25, -0.2) is 4.90 Å². The highest BCUT2D eigenvalue weighted by molar-refractivity contribution is 8.14. The molecular weight excluding hydrogens is 422 g/mol. The molecule has 11 heteroatoms. The molecule has 0 aliphatic carbocycles. The molecule has 1 atom stereocenters. The van der Waals surface area contributed by atoms with Crippen LogP contribution in [0.5, 0.6) is 5.75 Å². The van der Waals surface area contributed by atoms with Gasteiger partial charge in [-0.1, -0.05) is 23.9 Å². The minimum Gasteiger partial charge on any atom is -0.494 e. The quantitative estimate of drug-likeness (QED) is 0.229. The number of non-ortho nitro benzene ring substituents is 1. The number of rotatable bonds is 7. The van der Waals surface area contributed by atoms with E-state index in [4.69, 9.17) is 10.5 Å². The first-order chi connectivity index (χ1) is 14.9. The van der Waals surface area contributed by atoms with E-state index in [1.807, 2.05) is 6.92 Å². The molecule has 1 fully saturated rings. The Morgan fingerprint density at radius 3 is 2.74 bits per heavy atom. The Labute approximate surface area is 181 Å². The van der Waals surface area contributed by atoms with Gasteiger partial charge in [0.25, 0.3) is 5.69 Å². The van der Waals surface area contributed by atoms with Crippen molar-refractivity contribution in [2.75, 3.05) is 11.5 Å². The van der Waals surface area contributed by atoms with Gasteiger partial charge >= 0.3 is 0 Å². The molecule has 3 rings (SSSR count). The lowest BCUT2D eigenvalue weighted by Crippen LogP contribution is -2.31. The number of thioether (sulfide) groups is 1. The second kappa shape index (κ2) is 9.85. The SMILES string of the molecule is CCOc1ccc(N2C(=O)C[C@@H](SC(N)=NN=Cc3cccc([N+](=O)[O-])c3)C2=O)cc1. The highest BCUT2D eigenvalue weighted by atomic mass is 32.2. The fourth-order valence-corrected chi connectivity index (χ4v) is 3.68. The van der Waals surface area contributed by atoms with Crippen molar-refractivity contribution < 1.29 is 19.2 Å². The van der Waals surface area contributed by atoms with Crippen molar-refractivity contribution in [3.63, 3.8) is 0 Å². The van der Waals surface area contributed by atoms with Crippen molar-refractivity contribution >= 4 is 46.3 Å². The van der Waals surface area contributed by atoms with Gasteiger partial charge in [-0.05, 0) is 31.2 Å². The molecule has 1 saturated heterocycles. The summed E-state index contributed by atoms with van der Waals surface area (Å²) < 4.78 is 5.37. The number of hydrogen-bond acceptors (Lipinski definition) is 8. The normalized spacial score (nSPS) is 16.9. The highest BCUT2D eigenvalue weighted by Gasteiger charge is 2.40. The van der Waals surface area contributed by atoms with Crippen LogP contribution in [0.25, 0.3) is 0 Å². The van der Waals surface area contributed by atoms with Crippen molar-refractivity contribution in [3.8, 4) is 5.75 Å². The van der Waals surface area contributed by atoms with Gasteiger partial charge in [0.2, 0.25) is 11.8 Å². The van der Waals surface area contributed by atoms with Crippen LogP contribution < -0.4 is 15.4 Å². The third kappa shape index (κ3) is 5.45. The fraction of sp³-hybridized carbons (Fsp3) is 0.200. The topological polar surface area (TPSA) is 140 Å². The molecule has 2 amide bonds. The molecule has 2 N–H and O–H groups in total. The number of nitro groups is 1. The fourth-order valence-electron chi connectivity index (χ4n) is 2.87. The second-order valence-electron chi connectivity index (χ2n) is 6.34. The summed E-state index contributed by atoms with van der Waals surface area (Å²) in [5, 5.41) is 17.7. The van der Waals surface area contributed by atoms with Gasteiger partial charge in [0.1, 0.15) is 11.0 Å². The van der Waals surface area contributed by atoms with Crippen LogP contribution in [0.1, 0.15) is 18.9 Å². The van der Waals surface area contributed by atoms with Gasteiger partial charge in [-0.2, -0.15) is 5.10 Å². The van der Waals surface area contributed by atoms with Gasteiger partial charge in [0, 0.05) is 24.1 Å². The van der Waals surface area contributed by atoms with Gasteiger partial charge in [-0.3, -0.25) is 19.7 Å². The number of carbonyl (C=O) groups excluding carboxylic acids is 2. The summed E-state index contributed by atoms with van der Waals surface area (Å²) in [5.41, 5.74) is 6.70. The summed E-state index contributed by atoms with van der Waals surface area (Å²) in [4.78, 5) is 36.5. The van der Waals surface area contributed by atoms with Crippen LogP contribution in [-0.4, -0.2) is 40.0 Å². The first-order valence-corrected chi connectivity index (χ1v) is 10.1. The first kappa shape index (κ1) is 22.0. The van der Waals surface area contributed by atoms with Crippen LogP contribution in [0, 0.1) is 10.1 Å². The van der Waals surface area contributed by atoms with E-state index >= 15 is 0 Å². The van der Waals surface area contributed by atoms with Crippen molar-refractivity contribution in [2.24, 2.45) is 15.9 Å². The van der Waals surface area contributed by atoms with Crippen LogP contribution >= 0.6 is 11.8 Å². The summed E-state index contributed by atoms with van der Waals surface area (Å²) in [5.74, 6) is -0.0752. The number of hydrogen-bond donors (Lipinski definition) is 1. The summed E-state index contributed by atoms with van der Waals surface area (Å²) in [6, 6.07) is 12.5. The maximum atomic E-state index is 12.7. The van der Waals surface area contributed by atoms with E-state index < -0.39 is 10.2 Å². The van der Waals surface area contributed by atoms with Gasteiger partial charge < -0.3 is 10.5 Å². The predicted octanol–water partition coefficient (Wildman–Crippen LogP) is 2.71. The number of imide groups is 1. The summed E-state index contributed by atoms with van der Waals surface area (Å²) in [6.45, 7) is 2.38. The van der Waals surface area contributed by atoms with E-state index in [-0.39, 0.29) is 29.1 Å². The average Bonchev–Trinajstić information content (AvgIpc) is 3.02. The monoisotopic (exact) mass is 441 g/mol. The van der Waals surface area contributed by atoms with Gasteiger partial charge in [-0.15, -0.1) is 5.10 Å². The first-order valence-electron chi connectivity index (χ1n) is 9.26.